The largest absolute Gasteiger partial charge is 0.322 e. The number of carbonyl (C=O) groups is 2. The number of nitrogens with one attached hydrogen (secondary N) is 1. The van der Waals surface area contributed by atoms with Crippen molar-refractivity contribution in [2.45, 2.75) is 31.7 Å². The molecule has 0 spiro atoms. The van der Waals surface area contributed by atoms with Crippen LogP contribution in [0.2, 0.25) is 0 Å². The second-order valence-electron chi connectivity index (χ2n) is 7.41. The molecule has 1 N–H and O–H groups in total. The van der Waals surface area contributed by atoms with Crippen molar-refractivity contribution in [1.82, 2.24) is 20.2 Å². The van der Waals surface area contributed by atoms with Crippen molar-refractivity contribution in [3.63, 3.8) is 0 Å². The summed E-state index contributed by atoms with van der Waals surface area (Å²) in [6, 6.07) is 15.1. The number of benzene rings is 2. The lowest BCUT2D eigenvalue weighted by Gasteiger charge is -2.16. The summed E-state index contributed by atoms with van der Waals surface area (Å²) in [5, 5.41) is 14.9. The Balaban J connectivity index is 1.31. The molecule has 2 aliphatic rings. The van der Waals surface area contributed by atoms with Crippen molar-refractivity contribution < 1.29 is 9.59 Å². The van der Waals surface area contributed by atoms with Crippen molar-refractivity contribution in [2.75, 3.05) is 16.8 Å². The zero-order valence-electron chi connectivity index (χ0n) is 15.8. The van der Waals surface area contributed by atoms with Gasteiger partial charge in [0.2, 0.25) is 5.91 Å². The molecule has 1 aromatic heterocycles. The quantitative estimate of drug-likeness (QED) is 0.725. The maximum atomic E-state index is 12.7. The van der Waals surface area contributed by atoms with Gasteiger partial charge in [0.25, 0.3) is 5.91 Å². The van der Waals surface area contributed by atoms with Gasteiger partial charge >= 0.3 is 0 Å². The van der Waals surface area contributed by atoms with Gasteiger partial charge < -0.3 is 10.2 Å². The number of hydrogen-bond acceptors (Lipinski definition) is 5. The molecule has 146 valence electrons. The molecule has 1 aliphatic carbocycles. The van der Waals surface area contributed by atoms with Gasteiger partial charge in [0.1, 0.15) is 0 Å². The highest BCUT2D eigenvalue weighted by molar-refractivity contribution is 6.05. The minimum atomic E-state index is -0.214. The van der Waals surface area contributed by atoms with Crippen LogP contribution in [-0.2, 0) is 4.79 Å². The van der Waals surface area contributed by atoms with Crippen molar-refractivity contribution in [2.24, 2.45) is 0 Å². The maximum Gasteiger partial charge on any atom is 0.255 e. The van der Waals surface area contributed by atoms with E-state index in [1.54, 1.807) is 23.1 Å². The zero-order chi connectivity index (χ0) is 19.8. The second kappa shape index (κ2) is 7.12. The molecule has 5 rings (SSSR count). The SMILES string of the molecule is O=C(Nc1ccc(-c2nnnn2C2CC2)cc1)c1cccc(N2CCCC2=O)c1. The fourth-order valence-corrected chi connectivity index (χ4v) is 3.59. The molecule has 0 atom stereocenters. The average molecular weight is 388 g/mol. The molecule has 2 aromatic carbocycles. The number of hydrogen-bond donors (Lipinski definition) is 1. The highest BCUT2D eigenvalue weighted by Crippen LogP contribution is 2.36. The van der Waals surface area contributed by atoms with Crippen LogP contribution >= 0.6 is 0 Å². The highest BCUT2D eigenvalue weighted by Gasteiger charge is 2.28. The molecule has 29 heavy (non-hydrogen) atoms. The number of amides is 2. The predicted octanol–water partition coefficient (Wildman–Crippen LogP) is 3.05. The van der Waals surface area contributed by atoms with Crippen molar-refractivity contribution >= 4 is 23.2 Å². The van der Waals surface area contributed by atoms with E-state index >= 15 is 0 Å². The third-order valence-electron chi connectivity index (χ3n) is 5.28. The predicted molar refractivity (Wildman–Crippen MR) is 108 cm³/mol. The van der Waals surface area contributed by atoms with Gasteiger partial charge in [-0.1, -0.05) is 6.07 Å². The third kappa shape index (κ3) is 3.49. The van der Waals surface area contributed by atoms with Gasteiger partial charge in [0.05, 0.1) is 6.04 Å². The van der Waals surface area contributed by atoms with Crippen LogP contribution in [0, 0.1) is 0 Å². The van der Waals surface area contributed by atoms with Gasteiger partial charge in [0, 0.05) is 35.5 Å². The normalized spacial score (nSPS) is 16.3. The molecule has 2 amide bonds. The topological polar surface area (TPSA) is 93.0 Å². The Morgan fingerprint density at radius 2 is 1.93 bits per heavy atom. The highest BCUT2D eigenvalue weighted by atomic mass is 16.2. The standard InChI is InChI=1S/C21H20N6O2/c28-19-5-2-12-26(19)18-4-1-3-15(13-18)21(29)22-16-8-6-14(7-9-16)20-23-24-25-27(20)17-10-11-17/h1,3-4,6-9,13,17H,2,5,10-12H2,(H,22,29). The second-order valence-corrected chi connectivity index (χ2v) is 7.41. The molecule has 0 radical (unpaired) electrons. The first kappa shape index (κ1) is 17.5. The molecule has 0 unspecified atom stereocenters. The number of rotatable bonds is 5. The Bertz CT molecular complexity index is 1070. The minimum Gasteiger partial charge on any atom is -0.322 e. The van der Waals surface area contributed by atoms with E-state index in [4.69, 9.17) is 0 Å². The number of anilines is 2. The first-order valence-electron chi connectivity index (χ1n) is 9.79. The van der Waals surface area contributed by atoms with Gasteiger partial charge in [0.15, 0.2) is 5.82 Å². The van der Waals surface area contributed by atoms with E-state index in [0.717, 1.165) is 36.3 Å². The Kier molecular flexibility index (Phi) is 4.31. The van der Waals surface area contributed by atoms with Crippen LogP contribution in [0.5, 0.6) is 0 Å². The molecule has 0 bridgehead atoms. The summed E-state index contributed by atoms with van der Waals surface area (Å²) < 4.78 is 1.86. The van der Waals surface area contributed by atoms with Crippen LogP contribution in [0.3, 0.4) is 0 Å². The molecule has 8 heteroatoms. The number of aromatic nitrogens is 4. The van der Waals surface area contributed by atoms with Gasteiger partial charge in [-0.25, -0.2) is 4.68 Å². The van der Waals surface area contributed by atoms with Gasteiger partial charge in [-0.3, -0.25) is 9.59 Å². The summed E-state index contributed by atoms with van der Waals surface area (Å²) in [4.78, 5) is 26.4. The van der Waals surface area contributed by atoms with Crippen LogP contribution in [0.25, 0.3) is 11.4 Å². The van der Waals surface area contributed by atoms with E-state index < -0.39 is 0 Å². The lowest BCUT2D eigenvalue weighted by Crippen LogP contribution is -2.24. The molecule has 2 heterocycles. The van der Waals surface area contributed by atoms with Crippen LogP contribution in [0.15, 0.2) is 48.5 Å². The van der Waals surface area contributed by atoms with E-state index in [0.29, 0.717) is 30.3 Å². The third-order valence-corrected chi connectivity index (χ3v) is 5.28. The Hall–Kier alpha value is -3.55. The van der Waals surface area contributed by atoms with E-state index in [-0.39, 0.29) is 11.8 Å². The molecule has 1 saturated heterocycles. The fraction of sp³-hybridized carbons (Fsp3) is 0.286. The number of tetrazole rings is 1. The average Bonchev–Trinajstić information content (AvgIpc) is 3.31. The van der Waals surface area contributed by atoms with E-state index in [9.17, 15) is 9.59 Å². The van der Waals surface area contributed by atoms with Crippen molar-refractivity contribution in [1.29, 1.82) is 0 Å². The Labute approximate surface area is 167 Å². The van der Waals surface area contributed by atoms with Gasteiger partial charge in [-0.15, -0.1) is 5.10 Å². The maximum absolute atomic E-state index is 12.7. The van der Waals surface area contributed by atoms with E-state index in [2.05, 4.69) is 20.8 Å². The van der Waals surface area contributed by atoms with Crippen molar-refractivity contribution in [3.8, 4) is 11.4 Å². The lowest BCUT2D eigenvalue weighted by atomic mass is 10.1. The Morgan fingerprint density at radius 1 is 1.10 bits per heavy atom. The molecule has 8 nitrogen and oxygen atoms in total. The van der Waals surface area contributed by atoms with Crippen molar-refractivity contribution in [3.05, 3.63) is 54.1 Å². The summed E-state index contributed by atoms with van der Waals surface area (Å²) in [6.07, 6.45) is 3.63. The smallest absolute Gasteiger partial charge is 0.255 e. The molecule has 3 aromatic rings. The first-order chi connectivity index (χ1) is 14.2. The molecule has 1 aliphatic heterocycles. The molecular formula is C21H20N6O2. The monoisotopic (exact) mass is 388 g/mol. The van der Waals surface area contributed by atoms with Gasteiger partial charge in [-0.2, -0.15) is 0 Å². The summed E-state index contributed by atoms with van der Waals surface area (Å²) in [5.74, 6) is 0.633. The number of carbonyl (C=O) groups excluding carboxylic acids is 2. The van der Waals surface area contributed by atoms with Gasteiger partial charge in [-0.05, 0) is 72.2 Å². The molecular weight excluding hydrogens is 368 g/mol. The zero-order valence-corrected chi connectivity index (χ0v) is 15.8. The van der Waals surface area contributed by atoms with Crippen LogP contribution < -0.4 is 10.2 Å². The minimum absolute atomic E-state index is 0.103. The van der Waals surface area contributed by atoms with Crippen LogP contribution in [0.1, 0.15) is 42.1 Å². The summed E-state index contributed by atoms with van der Waals surface area (Å²) in [7, 11) is 0. The summed E-state index contributed by atoms with van der Waals surface area (Å²) in [6.45, 7) is 0.700. The van der Waals surface area contributed by atoms with Crippen LogP contribution in [0.4, 0.5) is 11.4 Å². The molecule has 1 saturated carbocycles. The lowest BCUT2D eigenvalue weighted by molar-refractivity contribution is -0.117. The number of nitrogens with zero attached hydrogens (tertiary/aromatic N) is 5. The van der Waals surface area contributed by atoms with Crippen LogP contribution in [-0.4, -0.2) is 38.6 Å². The van der Waals surface area contributed by atoms with E-state index in [1.165, 1.54) is 0 Å². The first-order valence-corrected chi connectivity index (χ1v) is 9.79. The summed E-state index contributed by atoms with van der Waals surface area (Å²) in [5.41, 5.74) is 2.88. The fourth-order valence-electron chi connectivity index (χ4n) is 3.59. The Morgan fingerprint density at radius 3 is 2.66 bits per heavy atom. The molecule has 2 fully saturated rings. The van der Waals surface area contributed by atoms with E-state index in [1.807, 2.05) is 35.0 Å². The summed E-state index contributed by atoms with van der Waals surface area (Å²) >= 11 is 0.